The number of urea groups is 1. The first kappa shape index (κ1) is 22.4. The van der Waals surface area contributed by atoms with Crippen LogP contribution in [0.15, 0.2) is 78.9 Å². The van der Waals surface area contributed by atoms with Gasteiger partial charge < -0.3 is 20.9 Å². The molecule has 1 aliphatic rings. The smallest absolute Gasteiger partial charge is 0.320 e. The molecule has 4 rings (SSSR count). The molecule has 1 aliphatic heterocycles. The molecule has 8 heteroatoms. The van der Waals surface area contributed by atoms with E-state index in [-0.39, 0.29) is 5.91 Å². The highest BCUT2D eigenvalue weighted by atomic mass is 35.5. The van der Waals surface area contributed by atoms with Crippen LogP contribution in [0, 0.1) is 5.41 Å². The SMILES string of the molecule is N=C1CCCN1c1ccc(NC(=O)[C@@H](NC(=O)Nc2ccc(Cl)cc2)c2ccccc2)cc1. The van der Waals surface area contributed by atoms with Gasteiger partial charge in [0.2, 0.25) is 0 Å². The number of hydrogen-bond acceptors (Lipinski definition) is 3. The average Bonchev–Trinajstić information content (AvgIpc) is 3.26. The number of amidine groups is 1. The Morgan fingerprint density at radius 3 is 2.15 bits per heavy atom. The number of anilines is 3. The van der Waals surface area contributed by atoms with Crippen LogP contribution in [0.25, 0.3) is 0 Å². The van der Waals surface area contributed by atoms with Crippen LogP contribution >= 0.6 is 11.6 Å². The van der Waals surface area contributed by atoms with Gasteiger partial charge in [-0.25, -0.2) is 4.79 Å². The van der Waals surface area contributed by atoms with Crippen molar-refractivity contribution >= 4 is 46.4 Å². The number of hydrogen-bond donors (Lipinski definition) is 4. The summed E-state index contributed by atoms with van der Waals surface area (Å²) in [7, 11) is 0. The molecule has 0 aromatic heterocycles. The molecule has 1 saturated heterocycles. The first-order valence-electron chi connectivity index (χ1n) is 10.6. The fraction of sp³-hybridized carbons (Fsp3) is 0.160. The molecule has 1 fully saturated rings. The number of halogens is 1. The quantitative estimate of drug-likeness (QED) is 0.394. The molecule has 0 bridgehead atoms. The number of benzene rings is 3. The van der Waals surface area contributed by atoms with Crippen molar-refractivity contribution in [1.29, 1.82) is 5.41 Å². The molecule has 1 heterocycles. The van der Waals surface area contributed by atoms with Crippen molar-refractivity contribution in [3.8, 4) is 0 Å². The summed E-state index contributed by atoms with van der Waals surface area (Å²) in [6.45, 7) is 0.827. The van der Waals surface area contributed by atoms with Crippen molar-refractivity contribution in [2.24, 2.45) is 0 Å². The highest BCUT2D eigenvalue weighted by Crippen LogP contribution is 2.24. The molecule has 0 spiro atoms. The summed E-state index contributed by atoms with van der Waals surface area (Å²) < 4.78 is 0. The molecule has 7 nitrogen and oxygen atoms in total. The maximum Gasteiger partial charge on any atom is 0.320 e. The van der Waals surface area contributed by atoms with Crippen LogP contribution in [0.1, 0.15) is 24.4 Å². The molecule has 3 aromatic rings. The van der Waals surface area contributed by atoms with Crippen LogP contribution in [-0.4, -0.2) is 24.3 Å². The number of nitrogens with zero attached hydrogens (tertiary/aromatic N) is 1. The third kappa shape index (κ3) is 5.70. The van der Waals surface area contributed by atoms with E-state index < -0.39 is 12.1 Å². The summed E-state index contributed by atoms with van der Waals surface area (Å²) in [4.78, 5) is 27.7. The largest absolute Gasteiger partial charge is 0.330 e. The third-order valence-corrected chi connectivity index (χ3v) is 5.59. The first-order chi connectivity index (χ1) is 16.0. The van der Waals surface area contributed by atoms with Crippen LogP contribution in [0.4, 0.5) is 21.9 Å². The van der Waals surface area contributed by atoms with E-state index in [9.17, 15) is 9.59 Å². The molecule has 168 valence electrons. The van der Waals surface area contributed by atoms with E-state index in [1.165, 1.54) is 0 Å². The highest BCUT2D eigenvalue weighted by molar-refractivity contribution is 6.30. The van der Waals surface area contributed by atoms with Crippen molar-refractivity contribution in [2.45, 2.75) is 18.9 Å². The van der Waals surface area contributed by atoms with E-state index in [2.05, 4.69) is 16.0 Å². The Hall–Kier alpha value is -3.84. The number of carbonyl (C=O) groups is 2. The second-order valence-corrected chi connectivity index (χ2v) is 8.12. The molecule has 3 aromatic carbocycles. The Labute approximate surface area is 197 Å². The Balaban J connectivity index is 1.46. The summed E-state index contributed by atoms with van der Waals surface area (Å²) in [5.41, 5.74) is 2.75. The predicted molar refractivity (Wildman–Crippen MR) is 132 cm³/mol. The zero-order chi connectivity index (χ0) is 23.2. The van der Waals surface area contributed by atoms with Crippen molar-refractivity contribution in [3.63, 3.8) is 0 Å². The molecule has 3 amide bonds. The summed E-state index contributed by atoms with van der Waals surface area (Å²) in [6, 6.07) is 21.7. The van der Waals surface area contributed by atoms with Crippen LogP contribution in [0.2, 0.25) is 5.02 Å². The third-order valence-electron chi connectivity index (χ3n) is 5.34. The van der Waals surface area contributed by atoms with Gasteiger partial charge in [-0.1, -0.05) is 41.9 Å². The minimum absolute atomic E-state index is 0.367. The van der Waals surface area contributed by atoms with Crippen LogP contribution in [0.3, 0.4) is 0 Å². The van der Waals surface area contributed by atoms with Crippen LogP contribution in [0.5, 0.6) is 0 Å². The van der Waals surface area contributed by atoms with Gasteiger partial charge in [-0.2, -0.15) is 0 Å². The maximum atomic E-state index is 13.1. The lowest BCUT2D eigenvalue weighted by atomic mass is 10.1. The van der Waals surface area contributed by atoms with E-state index in [0.29, 0.717) is 27.8 Å². The van der Waals surface area contributed by atoms with E-state index in [1.54, 1.807) is 48.5 Å². The molecule has 0 aliphatic carbocycles. The first-order valence-corrected chi connectivity index (χ1v) is 11.0. The molecular weight excluding hydrogens is 438 g/mol. The maximum absolute atomic E-state index is 13.1. The van der Waals surface area contributed by atoms with Crippen molar-refractivity contribution in [3.05, 3.63) is 89.4 Å². The van der Waals surface area contributed by atoms with Gasteiger partial charge in [0.25, 0.3) is 5.91 Å². The number of rotatable bonds is 6. The Kier molecular flexibility index (Phi) is 6.90. The summed E-state index contributed by atoms with van der Waals surface area (Å²) in [6.07, 6.45) is 1.75. The monoisotopic (exact) mass is 461 g/mol. The lowest BCUT2D eigenvalue weighted by Gasteiger charge is -2.20. The molecule has 4 N–H and O–H groups in total. The van der Waals surface area contributed by atoms with Gasteiger partial charge >= 0.3 is 6.03 Å². The Morgan fingerprint density at radius 1 is 0.879 bits per heavy atom. The van der Waals surface area contributed by atoms with Gasteiger partial charge in [-0.05, 0) is 60.5 Å². The minimum Gasteiger partial charge on any atom is -0.330 e. The van der Waals surface area contributed by atoms with Crippen molar-refractivity contribution in [1.82, 2.24) is 5.32 Å². The zero-order valence-corrected chi connectivity index (χ0v) is 18.6. The molecule has 0 radical (unpaired) electrons. The molecule has 0 saturated carbocycles. The van der Waals surface area contributed by atoms with Gasteiger partial charge in [0.05, 0.1) is 0 Å². The molecular formula is C25H24ClN5O2. The normalized spacial score (nSPS) is 14.0. The minimum atomic E-state index is -0.898. The standard InChI is InChI=1S/C25H24ClN5O2/c26-18-8-10-20(11-9-18)29-25(33)30-23(17-5-2-1-3-6-17)24(32)28-19-12-14-21(15-13-19)31-16-4-7-22(31)27/h1-3,5-6,8-15,23,27H,4,7,16H2,(H,28,32)(H2,29,30,33)/t23-/m0/s1. The fourth-order valence-electron chi connectivity index (χ4n) is 3.68. The average molecular weight is 462 g/mol. The van der Waals surface area contributed by atoms with Crippen LogP contribution in [-0.2, 0) is 4.79 Å². The van der Waals surface area contributed by atoms with Crippen LogP contribution < -0.4 is 20.9 Å². The molecule has 1 atom stereocenters. The number of carbonyl (C=O) groups excluding carboxylic acids is 2. The second-order valence-electron chi connectivity index (χ2n) is 7.69. The molecule has 33 heavy (non-hydrogen) atoms. The van der Waals surface area contributed by atoms with Gasteiger partial charge in [-0.15, -0.1) is 0 Å². The van der Waals surface area contributed by atoms with E-state index in [1.807, 2.05) is 35.2 Å². The fourth-order valence-corrected chi connectivity index (χ4v) is 3.80. The Bertz CT molecular complexity index is 1130. The Morgan fingerprint density at radius 2 is 1.52 bits per heavy atom. The summed E-state index contributed by atoms with van der Waals surface area (Å²) >= 11 is 5.89. The number of amides is 3. The van der Waals surface area contributed by atoms with Gasteiger partial charge in [0.1, 0.15) is 11.9 Å². The summed E-state index contributed by atoms with van der Waals surface area (Å²) in [5, 5.41) is 16.9. The van der Waals surface area contributed by atoms with Gasteiger partial charge in [0.15, 0.2) is 0 Å². The number of nitrogens with one attached hydrogen (secondary N) is 4. The second kappa shape index (κ2) is 10.2. The van der Waals surface area contributed by atoms with E-state index in [4.69, 9.17) is 17.0 Å². The van der Waals surface area contributed by atoms with E-state index >= 15 is 0 Å². The van der Waals surface area contributed by atoms with Gasteiger partial charge in [-0.3, -0.25) is 10.2 Å². The van der Waals surface area contributed by atoms with Crippen molar-refractivity contribution in [2.75, 3.05) is 22.1 Å². The lowest BCUT2D eigenvalue weighted by Crippen LogP contribution is -2.39. The van der Waals surface area contributed by atoms with E-state index in [0.717, 1.165) is 25.1 Å². The van der Waals surface area contributed by atoms with Gasteiger partial charge in [0, 0.05) is 35.1 Å². The molecule has 0 unspecified atom stereocenters. The topological polar surface area (TPSA) is 97.3 Å². The lowest BCUT2D eigenvalue weighted by molar-refractivity contribution is -0.118. The van der Waals surface area contributed by atoms with Crippen molar-refractivity contribution < 1.29 is 9.59 Å². The predicted octanol–water partition coefficient (Wildman–Crippen LogP) is 5.42. The summed E-state index contributed by atoms with van der Waals surface area (Å²) in [5.74, 6) is 0.237. The highest BCUT2D eigenvalue weighted by Gasteiger charge is 2.23. The zero-order valence-electron chi connectivity index (χ0n) is 17.8.